The van der Waals surface area contributed by atoms with Crippen LogP contribution in [0.25, 0.3) is 0 Å². The van der Waals surface area contributed by atoms with Crippen molar-refractivity contribution in [3.8, 4) is 12.3 Å². The molecule has 2 N–H and O–H groups in total. The summed E-state index contributed by atoms with van der Waals surface area (Å²) >= 11 is 0. The molecule has 0 amide bonds. The van der Waals surface area contributed by atoms with E-state index >= 15 is 0 Å². The summed E-state index contributed by atoms with van der Waals surface area (Å²) in [6, 6.07) is 0. The van der Waals surface area contributed by atoms with Gasteiger partial charge in [0.2, 0.25) is 0 Å². The third kappa shape index (κ3) is 6.28. The van der Waals surface area contributed by atoms with E-state index in [1.54, 1.807) is 6.20 Å². The average molecular weight is 179 g/mol. The molecule has 13 heavy (non-hydrogen) atoms. The first-order valence-electron chi connectivity index (χ1n) is 5.07. The van der Waals surface area contributed by atoms with E-state index in [1.807, 2.05) is 0 Å². The fourth-order valence-electron chi connectivity index (χ4n) is 1.28. The van der Waals surface area contributed by atoms with E-state index in [2.05, 4.69) is 19.8 Å². The van der Waals surface area contributed by atoms with Crippen LogP contribution < -0.4 is 5.73 Å². The fraction of sp³-hybridized carbons (Fsp3) is 0.667. The maximum atomic E-state index is 5.48. The van der Waals surface area contributed by atoms with Gasteiger partial charge in [0, 0.05) is 6.42 Å². The number of nitrogens with two attached hydrogens (primary N) is 1. The Morgan fingerprint density at radius 2 is 2.23 bits per heavy atom. The summed E-state index contributed by atoms with van der Waals surface area (Å²) in [7, 11) is 0. The molecular weight excluding hydrogens is 158 g/mol. The minimum Gasteiger partial charge on any atom is -0.405 e. The second-order valence-corrected chi connectivity index (χ2v) is 3.57. The molecule has 0 rings (SSSR count). The molecule has 74 valence electrons. The molecule has 0 aromatic rings. The Balaban J connectivity index is 3.57. The van der Waals surface area contributed by atoms with Crippen LogP contribution in [0.5, 0.6) is 0 Å². The Bertz CT molecular complexity index is 186. The predicted octanol–water partition coefficient (Wildman–Crippen LogP) is 3.07. The lowest BCUT2D eigenvalue weighted by Gasteiger charge is -2.10. The highest BCUT2D eigenvalue weighted by Crippen LogP contribution is 2.17. The first kappa shape index (κ1) is 12.1. The number of allylic oxidation sites excluding steroid dienone is 1. The third-order valence-corrected chi connectivity index (χ3v) is 2.43. The van der Waals surface area contributed by atoms with Crippen molar-refractivity contribution in [3.63, 3.8) is 0 Å². The molecule has 0 radical (unpaired) electrons. The molecule has 1 atom stereocenters. The van der Waals surface area contributed by atoms with Crippen LogP contribution in [0.4, 0.5) is 0 Å². The molecule has 0 saturated heterocycles. The summed E-state index contributed by atoms with van der Waals surface area (Å²) in [5, 5.41) is 0. The van der Waals surface area contributed by atoms with E-state index in [0.29, 0.717) is 0 Å². The maximum absolute atomic E-state index is 5.48. The normalized spacial score (nSPS) is 13.8. The molecule has 0 heterocycles. The van der Waals surface area contributed by atoms with Gasteiger partial charge in [0.1, 0.15) is 0 Å². The van der Waals surface area contributed by atoms with Gasteiger partial charge in [-0.25, -0.2) is 0 Å². The first-order chi connectivity index (χ1) is 6.24. The number of rotatable bonds is 6. The van der Waals surface area contributed by atoms with Gasteiger partial charge in [-0.2, -0.15) is 0 Å². The second-order valence-electron chi connectivity index (χ2n) is 3.57. The monoisotopic (exact) mass is 179 g/mol. The van der Waals surface area contributed by atoms with Crippen molar-refractivity contribution in [3.05, 3.63) is 11.8 Å². The lowest BCUT2D eigenvalue weighted by molar-refractivity contribution is 0.496. The molecule has 0 aliphatic rings. The van der Waals surface area contributed by atoms with Gasteiger partial charge in [-0.1, -0.05) is 19.4 Å². The van der Waals surface area contributed by atoms with Gasteiger partial charge in [0.25, 0.3) is 0 Å². The SMILES string of the molecule is C#CCCC(C)CC/C(=C\N)CC. The number of terminal acetylenes is 1. The molecule has 0 saturated carbocycles. The smallest absolute Gasteiger partial charge is 0.00885 e. The Morgan fingerprint density at radius 1 is 1.54 bits per heavy atom. The van der Waals surface area contributed by atoms with Crippen LogP contribution in [-0.4, -0.2) is 0 Å². The number of hydrogen-bond donors (Lipinski definition) is 1. The lowest BCUT2D eigenvalue weighted by Crippen LogP contribution is -1.96. The molecule has 0 aromatic heterocycles. The van der Waals surface area contributed by atoms with Crippen molar-refractivity contribution in [1.29, 1.82) is 0 Å². The quantitative estimate of drug-likeness (QED) is 0.623. The van der Waals surface area contributed by atoms with Crippen molar-refractivity contribution >= 4 is 0 Å². The number of hydrogen-bond acceptors (Lipinski definition) is 1. The first-order valence-corrected chi connectivity index (χ1v) is 5.07. The summed E-state index contributed by atoms with van der Waals surface area (Å²) in [6.45, 7) is 4.39. The van der Waals surface area contributed by atoms with Crippen LogP contribution in [0.3, 0.4) is 0 Å². The predicted molar refractivity (Wildman–Crippen MR) is 59.0 cm³/mol. The van der Waals surface area contributed by atoms with E-state index in [1.165, 1.54) is 12.0 Å². The van der Waals surface area contributed by atoms with Gasteiger partial charge in [-0.05, 0) is 37.8 Å². The van der Waals surface area contributed by atoms with Crippen molar-refractivity contribution < 1.29 is 0 Å². The molecule has 1 unspecified atom stereocenters. The fourth-order valence-corrected chi connectivity index (χ4v) is 1.28. The van der Waals surface area contributed by atoms with Gasteiger partial charge < -0.3 is 5.73 Å². The van der Waals surface area contributed by atoms with E-state index in [9.17, 15) is 0 Å². The molecule has 0 aromatic carbocycles. The highest BCUT2D eigenvalue weighted by atomic mass is 14.5. The summed E-state index contributed by atoms with van der Waals surface area (Å²) in [5.41, 5.74) is 6.83. The molecule has 1 heteroatoms. The van der Waals surface area contributed by atoms with Crippen LogP contribution in [0.2, 0.25) is 0 Å². The zero-order valence-corrected chi connectivity index (χ0v) is 8.84. The van der Waals surface area contributed by atoms with Gasteiger partial charge in [0.15, 0.2) is 0 Å². The highest BCUT2D eigenvalue weighted by molar-refractivity contribution is 4.98. The highest BCUT2D eigenvalue weighted by Gasteiger charge is 2.02. The molecule has 0 aliphatic carbocycles. The van der Waals surface area contributed by atoms with E-state index in [-0.39, 0.29) is 0 Å². The van der Waals surface area contributed by atoms with Crippen LogP contribution in [0.15, 0.2) is 11.8 Å². The molecule has 1 nitrogen and oxygen atoms in total. The summed E-state index contributed by atoms with van der Waals surface area (Å²) in [5.74, 6) is 3.39. The van der Waals surface area contributed by atoms with Gasteiger partial charge in [-0.3, -0.25) is 0 Å². The van der Waals surface area contributed by atoms with E-state index in [4.69, 9.17) is 12.2 Å². The van der Waals surface area contributed by atoms with Crippen molar-refractivity contribution in [2.75, 3.05) is 0 Å². The minimum absolute atomic E-state index is 0.720. The zero-order chi connectivity index (χ0) is 10.1. The van der Waals surface area contributed by atoms with Crippen LogP contribution in [0, 0.1) is 18.3 Å². The summed E-state index contributed by atoms with van der Waals surface area (Å²) in [4.78, 5) is 0. The average Bonchev–Trinajstić information content (AvgIpc) is 2.16. The van der Waals surface area contributed by atoms with Gasteiger partial charge in [0.05, 0.1) is 0 Å². The van der Waals surface area contributed by atoms with Crippen molar-refractivity contribution in [2.24, 2.45) is 11.7 Å². The lowest BCUT2D eigenvalue weighted by atomic mass is 9.96. The second kappa shape index (κ2) is 7.73. The topological polar surface area (TPSA) is 26.0 Å². The van der Waals surface area contributed by atoms with Crippen LogP contribution in [-0.2, 0) is 0 Å². The minimum atomic E-state index is 0.720. The maximum Gasteiger partial charge on any atom is 0.00885 e. The molecule has 0 spiro atoms. The standard InChI is InChI=1S/C12H21N/c1-4-6-7-11(3)8-9-12(5-2)10-13/h1,10-11H,5-9,13H2,2-3H3/b12-10-. The van der Waals surface area contributed by atoms with Crippen LogP contribution in [0.1, 0.15) is 46.0 Å². The molecule has 0 aliphatic heterocycles. The summed E-state index contributed by atoms with van der Waals surface area (Å²) in [6.07, 6.45) is 12.4. The van der Waals surface area contributed by atoms with E-state index in [0.717, 1.165) is 31.6 Å². The Hall–Kier alpha value is -0.900. The summed E-state index contributed by atoms with van der Waals surface area (Å²) < 4.78 is 0. The molecule has 0 fully saturated rings. The zero-order valence-electron chi connectivity index (χ0n) is 8.84. The Kier molecular flexibility index (Phi) is 7.20. The Morgan fingerprint density at radius 3 is 2.69 bits per heavy atom. The van der Waals surface area contributed by atoms with Gasteiger partial charge in [-0.15, -0.1) is 12.3 Å². The molecule has 0 bridgehead atoms. The largest absolute Gasteiger partial charge is 0.405 e. The third-order valence-electron chi connectivity index (χ3n) is 2.43. The van der Waals surface area contributed by atoms with Crippen LogP contribution >= 0.6 is 0 Å². The van der Waals surface area contributed by atoms with Gasteiger partial charge >= 0.3 is 0 Å². The van der Waals surface area contributed by atoms with Crippen molar-refractivity contribution in [2.45, 2.75) is 46.0 Å². The van der Waals surface area contributed by atoms with E-state index < -0.39 is 0 Å². The van der Waals surface area contributed by atoms with Crippen molar-refractivity contribution in [1.82, 2.24) is 0 Å². The molecular formula is C12H21N. The Labute approximate surface area is 82.4 Å².